The number of carbonyl (C=O) groups is 1. The van der Waals surface area contributed by atoms with Crippen LogP contribution in [0.4, 0.5) is 23.7 Å². The minimum absolute atomic E-state index is 0.322. The third-order valence-corrected chi connectivity index (χ3v) is 4.21. The molecule has 7 nitrogen and oxygen atoms in total. The highest BCUT2D eigenvalue weighted by atomic mass is 35.5. The highest BCUT2D eigenvalue weighted by Gasteiger charge is 2.31. The zero-order chi connectivity index (χ0) is 24.2. The fourth-order valence-corrected chi connectivity index (χ4v) is 2.83. The van der Waals surface area contributed by atoms with Crippen LogP contribution in [0.1, 0.15) is 32.2 Å². The number of alkyl halides is 3. The van der Waals surface area contributed by atoms with Crippen molar-refractivity contribution in [2.45, 2.75) is 32.7 Å². The number of carbonyl (C=O) groups excluding carboxylic acids is 1. The fourth-order valence-electron chi connectivity index (χ4n) is 2.60. The Bertz CT molecular complexity index is 1150. The molecule has 0 unspecified atom stereocenters. The van der Waals surface area contributed by atoms with Gasteiger partial charge in [0.1, 0.15) is 17.7 Å². The second kappa shape index (κ2) is 9.53. The summed E-state index contributed by atoms with van der Waals surface area (Å²) in [4.78, 5) is 16.0. The van der Waals surface area contributed by atoms with Gasteiger partial charge in [-0.05, 0) is 68.8 Å². The van der Waals surface area contributed by atoms with Crippen molar-refractivity contribution in [3.8, 4) is 11.4 Å². The number of benzene rings is 2. The van der Waals surface area contributed by atoms with Crippen LogP contribution in [0.5, 0.6) is 5.75 Å². The molecule has 33 heavy (non-hydrogen) atoms. The molecule has 174 valence electrons. The molecule has 0 fully saturated rings. The largest absolute Gasteiger partial charge is 0.573 e. The van der Waals surface area contributed by atoms with Crippen LogP contribution in [0.3, 0.4) is 0 Å². The van der Waals surface area contributed by atoms with Gasteiger partial charge in [-0.15, -0.1) is 18.3 Å². The van der Waals surface area contributed by atoms with Gasteiger partial charge < -0.3 is 9.47 Å². The summed E-state index contributed by atoms with van der Waals surface area (Å²) in [7, 11) is 0. The molecule has 3 rings (SSSR count). The monoisotopic (exact) mass is 480 g/mol. The SMILES string of the molecule is CC(C)(C)OC(=O)Nc1ccc(/C=C/c2ncn(-c3ccc(OC(F)(F)F)cc3)n2)cc1Cl. The zero-order valence-corrected chi connectivity index (χ0v) is 18.6. The standard InChI is InChI=1S/C22H20ClF3N4O3/c1-21(2,3)33-20(31)28-18-10-4-14(12-17(18)23)5-11-19-27-13-30(29-19)15-6-8-16(9-7-15)32-22(24,25)26/h4-13H,1-3H3,(H,28,31)/b11-5+. The van der Waals surface area contributed by atoms with Crippen molar-refractivity contribution in [2.75, 3.05) is 5.32 Å². The molecule has 1 N–H and O–H groups in total. The Morgan fingerprint density at radius 1 is 1.09 bits per heavy atom. The van der Waals surface area contributed by atoms with Crippen LogP contribution in [0.2, 0.25) is 5.02 Å². The molecule has 1 amide bonds. The molecule has 0 saturated carbocycles. The first-order valence-electron chi connectivity index (χ1n) is 9.63. The number of amides is 1. The maximum atomic E-state index is 12.3. The van der Waals surface area contributed by atoms with E-state index in [-0.39, 0.29) is 5.75 Å². The molecule has 0 aliphatic rings. The molecule has 3 aromatic rings. The molecule has 0 spiro atoms. The molecule has 0 saturated heterocycles. The van der Waals surface area contributed by atoms with E-state index in [9.17, 15) is 18.0 Å². The van der Waals surface area contributed by atoms with E-state index < -0.39 is 18.1 Å². The number of hydrogen-bond acceptors (Lipinski definition) is 5. The van der Waals surface area contributed by atoms with Crippen molar-refractivity contribution in [3.05, 3.63) is 65.2 Å². The summed E-state index contributed by atoms with van der Waals surface area (Å²) in [6.07, 6.45) is -0.562. The maximum absolute atomic E-state index is 12.3. The molecule has 1 aromatic heterocycles. The van der Waals surface area contributed by atoms with Crippen molar-refractivity contribution in [1.82, 2.24) is 14.8 Å². The van der Waals surface area contributed by atoms with Crippen LogP contribution in [-0.4, -0.2) is 32.8 Å². The summed E-state index contributed by atoms with van der Waals surface area (Å²) in [5.74, 6) is 0.0469. The molecular weight excluding hydrogens is 461 g/mol. The van der Waals surface area contributed by atoms with E-state index in [4.69, 9.17) is 16.3 Å². The molecule has 0 aliphatic heterocycles. The summed E-state index contributed by atoms with van der Waals surface area (Å²) in [5.41, 5.74) is 1.02. The molecule has 2 aromatic carbocycles. The lowest BCUT2D eigenvalue weighted by molar-refractivity contribution is -0.274. The number of rotatable bonds is 5. The van der Waals surface area contributed by atoms with Gasteiger partial charge in [0.2, 0.25) is 0 Å². The Morgan fingerprint density at radius 2 is 1.79 bits per heavy atom. The van der Waals surface area contributed by atoms with E-state index in [1.54, 1.807) is 51.1 Å². The van der Waals surface area contributed by atoms with E-state index in [2.05, 4.69) is 20.1 Å². The van der Waals surface area contributed by atoms with E-state index >= 15 is 0 Å². The molecule has 1 heterocycles. The van der Waals surface area contributed by atoms with Crippen LogP contribution >= 0.6 is 11.6 Å². The van der Waals surface area contributed by atoms with Crippen molar-refractivity contribution in [3.63, 3.8) is 0 Å². The fraction of sp³-hybridized carbons (Fsp3) is 0.227. The molecule has 0 atom stereocenters. The lowest BCUT2D eigenvalue weighted by Gasteiger charge is -2.20. The Hall–Kier alpha value is -3.53. The normalized spacial score (nSPS) is 12.1. The highest BCUT2D eigenvalue weighted by Crippen LogP contribution is 2.25. The van der Waals surface area contributed by atoms with E-state index in [1.807, 2.05) is 0 Å². The Labute approximate surface area is 192 Å². The van der Waals surface area contributed by atoms with E-state index in [0.29, 0.717) is 22.2 Å². The smallest absolute Gasteiger partial charge is 0.444 e. The van der Waals surface area contributed by atoms with Crippen LogP contribution in [0.15, 0.2) is 48.8 Å². The van der Waals surface area contributed by atoms with Gasteiger partial charge in [-0.1, -0.05) is 23.7 Å². The first-order chi connectivity index (χ1) is 15.4. The summed E-state index contributed by atoms with van der Waals surface area (Å²) in [6, 6.07) is 10.3. The highest BCUT2D eigenvalue weighted by molar-refractivity contribution is 6.33. The minimum atomic E-state index is -4.75. The van der Waals surface area contributed by atoms with Gasteiger partial charge in [0.05, 0.1) is 16.4 Å². The molecular formula is C22H20ClF3N4O3. The second-order valence-electron chi connectivity index (χ2n) is 7.79. The number of aromatic nitrogens is 3. The van der Waals surface area contributed by atoms with E-state index in [0.717, 1.165) is 5.56 Å². The lowest BCUT2D eigenvalue weighted by atomic mass is 10.2. The number of ether oxygens (including phenoxy) is 2. The van der Waals surface area contributed by atoms with Crippen molar-refractivity contribution in [2.24, 2.45) is 0 Å². The third-order valence-electron chi connectivity index (χ3n) is 3.90. The summed E-state index contributed by atoms with van der Waals surface area (Å²) in [6.45, 7) is 5.28. The average Bonchev–Trinajstić information content (AvgIpc) is 3.15. The molecule has 11 heteroatoms. The predicted octanol–water partition coefficient (Wildman–Crippen LogP) is 6.34. The van der Waals surface area contributed by atoms with Crippen molar-refractivity contribution >= 4 is 35.5 Å². The predicted molar refractivity (Wildman–Crippen MR) is 118 cm³/mol. The summed E-state index contributed by atoms with van der Waals surface area (Å²) in [5, 5.41) is 7.17. The molecule has 0 aliphatic carbocycles. The number of nitrogens with zero attached hydrogens (tertiary/aromatic N) is 3. The van der Waals surface area contributed by atoms with Gasteiger partial charge in [0.25, 0.3) is 0 Å². The quantitative estimate of drug-likeness (QED) is 0.461. The number of hydrogen-bond donors (Lipinski definition) is 1. The Morgan fingerprint density at radius 3 is 2.39 bits per heavy atom. The lowest BCUT2D eigenvalue weighted by Crippen LogP contribution is -2.27. The van der Waals surface area contributed by atoms with Gasteiger partial charge in [-0.25, -0.2) is 14.5 Å². The van der Waals surface area contributed by atoms with Crippen LogP contribution in [0, 0.1) is 0 Å². The van der Waals surface area contributed by atoms with Gasteiger partial charge in [-0.3, -0.25) is 5.32 Å². The topological polar surface area (TPSA) is 78.3 Å². The molecule has 0 bridgehead atoms. The van der Waals surface area contributed by atoms with Gasteiger partial charge >= 0.3 is 12.5 Å². The van der Waals surface area contributed by atoms with Gasteiger partial charge in [0, 0.05) is 0 Å². The van der Waals surface area contributed by atoms with Gasteiger partial charge in [-0.2, -0.15) is 0 Å². The molecule has 0 radical (unpaired) electrons. The van der Waals surface area contributed by atoms with Crippen LogP contribution in [-0.2, 0) is 4.74 Å². The zero-order valence-electron chi connectivity index (χ0n) is 17.9. The van der Waals surface area contributed by atoms with Gasteiger partial charge in [0.15, 0.2) is 5.82 Å². The summed E-state index contributed by atoms with van der Waals surface area (Å²) < 4.78 is 47.3. The number of nitrogens with one attached hydrogen (secondary N) is 1. The second-order valence-corrected chi connectivity index (χ2v) is 8.20. The van der Waals surface area contributed by atoms with Crippen molar-refractivity contribution < 1.29 is 27.4 Å². The number of halogens is 4. The first kappa shape index (κ1) is 24.1. The van der Waals surface area contributed by atoms with Crippen molar-refractivity contribution in [1.29, 1.82) is 0 Å². The van der Waals surface area contributed by atoms with E-state index in [1.165, 1.54) is 35.3 Å². The number of anilines is 1. The average molecular weight is 481 g/mol. The third kappa shape index (κ3) is 7.53. The Balaban J connectivity index is 1.65. The first-order valence-corrected chi connectivity index (χ1v) is 10.0. The minimum Gasteiger partial charge on any atom is -0.444 e. The van der Waals surface area contributed by atoms with Crippen LogP contribution in [0.25, 0.3) is 17.8 Å². The Kier molecular flexibility index (Phi) is 6.97. The summed E-state index contributed by atoms with van der Waals surface area (Å²) >= 11 is 6.24. The van der Waals surface area contributed by atoms with Crippen LogP contribution < -0.4 is 10.1 Å². The maximum Gasteiger partial charge on any atom is 0.573 e.